The van der Waals surface area contributed by atoms with Crippen LogP contribution in [0, 0.1) is 23.2 Å². The molecular formula is C13H17N3S. The Hall–Kier alpha value is -1.33. The van der Waals surface area contributed by atoms with Gasteiger partial charge in [0.25, 0.3) is 0 Å². The van der Waals surface area contributed by atoms with Gasteiger partial charge in [0.2, 0.25) is 0 Å². The highest BCUT2D eigenvalue weighted by atomic mass is 32.1. The van der Waals surface area contributed by atoms with E-state index in [1.54, 1.807) is 11.3 Å². The van der Waals surface area contributed by atoms with Crippen LogP contribution in [-0.4, -0.2) is 24.5 Å². The highest BCUT2D eigenvalue weighted by Gasteiger charge is 2.05. The van der Waals surface area contributed by atoms with Gasteiger partial charge in [0, 0.05) is 24.4 Å². The minimum Gasteiger partial charge on any atom is -0.320 e. The molecule has 2 N–H and O–H groups in total. The van der Waals surface area contributed by atoms with Crippen LogP contribution in [0.4, 0.5) is 0 Å². The van der Waals surface area contributed by atoms with Crippen molar-refractivity contribution in [3.63, 3.8) is 0 Å². The molecule has 4 heteroatoms. The van der Waals surface area contributed by atoms with E-state index in [1.165, 1.54) is 4.88 Å². The van der Waals surface area contributed by atoms with Crippen LogP contribution in [0.5, 0.6) is 0 Å². The number of hydrogen-bond acceptors (Lipinski definition) is 4. The predicted octanol–water partition coefficient (Wildman–Crippen LogP) is 1.79. The number of rotatable bonds is 5. The molecule has 1 aromatic rings. The van der Waals surface area contributed by atoms with Crippen molar-refractivity contribution in [3.8, 4) is 17.9 Å². The van der Waals surface area contributed by atoms with Crippen molar-refractivity contribution in [1.29, 1.82) is 5.26 Å². The number of nitrogens with two attached hydrogens (primary N) is 1. The van der Waals surface area contributed by atoms with Crippen molar-refractivity contribution in [3.05, 3.63) is 21.9 Å². The smallest absolute Gasteiger partial charge is 0.0772 e. The predicted molar refractivity (Wildman–Crippen MR) is 71.4 cm³/mol. The summed E-state index contributed by atoms with van der Waals surface area (Å²) in [6.45, 7) is 5.20. The molecule has 0 spiro atoms. The van der Waals surface area contributed by atoms with E-state index in [1.807, 2.05) is 6.07 Å². The molecule has 0 radical (unpaired) electrons. The zero-order chi connectivity index (χ0) is 12.5. The Morgan fingerprint density at radius 2 is 2.29 bits per heavy atom. The molecule has 0 saturated carbocycles. The molecule has 0 fully saturated rings. The molecule has 3 nitrogen and oxygen atoms in total. The number of hydrogen-bond donors (Lipinski definition) is 1. The summed E-state index contributed by atoms with van der Waals surface area (Å²) in [6.07, 6.45) is 0.582. The average Bonchev–Trinajstić information content (AvgIpc) is 2.79. The molecule has 1 aromatic heterocycles. The van der Waals surface area contributed by atoms with Gasteiger partial charge in [0.15, 0.2) is 0 Å². The second kappa shape index (κ2) is 7.86. The summed E-state index contributed by atoms with van der Waals surface area (Å²) in [5, 5.41) is 8.57. The van der Waals surface area contributed by atoms with Crippen LogP contribution in [0.15, 0.2) is 12.1 Å². The standard InChI is InChI=1S/C13H17N3S/c1-2-16(10-4-9-15)11-13-7-6-12(17-13)5-3-8-14/h6-7H,2,4,8,10-11,14H2,1H3. The van der Waals surface area contributed by atoms with Gasteiger partial charge in [-0.1, -0.05) is 18.8 Å². The van der Waals surface area contributed by atoms with Gasteiger partial charge in [-0.15, -0.1) is 11.3 Å². The van der Waals surface area contributed by atoms with E-state index >= 15 is 0 Å². The Bertz CT molecular complexity index is 433. The van der Waals surface area contributed by atoms with E-state index < -0.39 is 0 Å². The summed E-state index contributed by atoms with van der Waals surface area (Å²) in [5.74, 6) is 5.88. The number of thiophene rings is 1. The van der Waals surface area contributed by atoms with Crippen molar-refractivity contribution in [2.45, 2.75) is 19.9 Å². The highest BCUT2D eigenvalue weighted by Crippen LogP contribution is 2.17. The van der Waals surface area contributed by atoms with Crippen molar-refractivity contribution in [1.82, 2.24) is 4.90 Å². The monoisotopic (exact) mass is 247 g/mol. The molecule has 0 unspecified atom stereocenters. The molecule has 0 aliphatic rings. The molecule has 90 valence electrons. The van der Waals surface area contributed by atoms with Crippen LogP contribution in [0.2, 0.25) is 0 Å². The molecule has 1 rings (SSSR count). The van der Waals surface area contributed by atoms with E-state index in [9.17, 15) is 0 Å². The summed E-state index contributed by atoms with van der Waals surface area (Å²) in [6, 6.07) is 6.30. The first kappa shape index (κ1) is 13.7. The fourth-order valence-corrected chi connectivity index (χ4v) is 2.37. The lowest BCUT2D eigenvalue weighted by Gasteiger charge is -2.17. The summed E-state index contributed by atoms with van der Waals surface area (Å²) in [7, 11) is 0. The Balaban J connectivity index is 2.55. The van der Waals surface area contributed by atoms with Gasteiger partial charge in [0.1, 0.15) is 0 Å². The second-order valence-electron chi connectivity index (χ2n) is 3.55. The van der Waals surface area contributed by atoms with Crippen LogP contribution in [0.25, 0.3) is 0 Å². The summed E-state index contributed by atoms with van der Waals surface area (Å²) >= 11 is 1.70. The van der Waals surface area contributed by atoms with Crippen molar-refractivity contribution < 1.29 is 0 Å². The van der Waals surface area contributed by atoms with E-state index in [-0.39, 0.29) is 0 Å². The quantitative estimate of drug-likeness (QED) is 0.807. The maximum absolute atomic E-state index is 8.57. The van der Waals surface area contributed by atoms with Gasteiger partial charge in [-0.05, 0) is 18.7 Å². The lowest BCUT2D eigenvalue weighted by molar-refractivity contribution is 0.289. The molecule has 0 saturated heterocycles. The lowest BCUT2D eigenvalue weighted by Crippen LogP contribution is -2.23. The zero-order valence-electron chi connectivity index (χ0n) is 10.1. The van der Waals surface area contributed by atoms with Crippen LogP contribution >= 0.6 is 11.3 Å². The van der Waals surface area contributed by atoms with Crippen molar-refractivity contribution in [2.75, 3.05) is 19.6 Å². The molecular weight excluding hydrogens is 230 g/mol. The van der Waals surface area contributed by atoms with Crippen LogP contribution in [-0.2, 0) is 6.54 Å². The third-order valence-electron chi connectivity index (χ3n) is 2.34. The fourth-order valence-electron chi connectivity index (χ4n) is 1.45. The third-order valence-corrected chi connectivity index (χ3v) is 3.33. The molecule has 0 aromatic carbocycles. The molecule has 0 aliphatic carbocycles. The van der Waals surface area contributed by atoms with Crippen LogP contribution in [0.3, 0.4) is 0 Å². The normalized spacial score (nSPS) is 9.76. The maximum Gasteiger partial charge on any atom is 0.0772 e. The van der Waals surface area contributed by atoms with Gasteiger partial charge in [-0.2, -0.15) is 5.26 Å². The van der Waals surface area contributed by atoms with Gasteiger partial charge in [0.05, 0.1) is 17.5 Å². The molecule has 17 heavy (non-hydrogen) atoms. The first-order valence-electron chi connectivity index (χ1n) is 5.67. The van der Waals surface area contributed by atoms with Gasteiger partial charge < -0.3 is 5.73 Å². The summed E-state index contributed by atoms with van der Waals surface area (Å²) < 4.78 is 0. The van der Waals surface area contributed by atoms with Crippen molar-refractivity contribution in [2.24, 2.45) is 5.73 Å². The Morgan fingerprint density at radius 3 is 2.94 bits per heavy atom. The SMILES string of the molecule is CCN(CCC#N)Cc1ccc(C#CCN)s1. The average molecular weight is 247 g/mol. The Morgan fingerprint density at radius 1 is 1.47 bits per heavy atom. The minimum atomic E-state index is 0.399. The Labute approximate surface area is 107 Å². The fraction of sp³-hybridized carbons (Fsp3) is 0.462. The molecule has 0 aliphatic heterocycles. The van der Waals surface area contributed by atoms with Gasteiger partial charge in [-0.3, -0.25) is 4.90 Å². The maximum atomic E-state index is 8.57. The van der Waals surface area contributed by atoms with E-state index in [0.29, 0.717) is 13.0 Å². The van der Waals surface area contributed by atoms with Gasteiger partial charge >= 0.3 is 0 Å². The Kier molecular flexibility index (Phi) is 6.35. The van der Waals surface area contributed by atoms with E-state index in [0.717, 1.165) is 24.5 Å². The number of nitriles is 1. The van der Waals surface area contributed by atoms with Crippen LogP contribution in [0.1, 0.15) is 23.1 Å². The minimum absolute atomic E-state index is 0.399. The highest BCUT2D eigenvalue weighted by molar-refractivity contribution is 7.12. The molecule has 0 amide bonds. The van der Waals surface area contributed by atoms with E-state index in [4.69, 9.17) is 11.0 Å². The first-order chi connectivity index (χ1) is 8.30. The second-order valence-corrected chi connectivity index (χ2v) is 4.72. The molecule has 0 bridgehead atoms. The first-order valence-corrected chi connectivity index (χ1v) is 6.48. The molecule has 0 atom stereocenters. The number of nitrogens with zero attached hydrogens (tertiary/aromatic N) is 2. The van der Waals surface area contributed by atoms with Crippen LogP contribution < -0.4 is 5.73 Å². The van der Waals surface area contributed by atoms with E-state index in [2.05, 4.69) is 35.8 Å². The topological polar surface area (TPSA) is 53.0 Å². The van der Waals surface area contributed by atoms with Gasteiger partial charge in [-0.25, -0.2) is 0 Å². The van der Waals surface area contributed by atoms with Crippen molar-refractivity contribution >= 4 is 11.3 Å². The lowest BCUT2D eigenvalue weighted by atomic mass is 10.3. The summed E-state index contributed by atoms with van der Waals surface area (Å²) in [5.41, 5.74) is 5.33. The largest absolute Gasteiger partial charge is 0.320 e. The zero-order valence-corrected chi connectivity index (χ0v) is 10.9. The molecule has 1 heterocycles. The summed E-state index contributed by atoms with van der Waals surface area (Å²) in [4.78, 5) is 4.60. The third kappa shape index (κ3) is 5.01.